The fraction of sp³-hybridized carbons (Fsp3) is 0.867. The zero-order chi connectivity index (χ0) is 17.2. The van der Waals surface area contributed by atoms with Gasteiger partial charge in [-0.15, -0.1) is 24.0 Å². The summed E-state index contributed by atoms with van der Waals surface area (Å²) in [5.74, 6) is 0.394. The molecule has 1 amide bonds. The second-order valence-electron chi connectivity index (χ2n) is 6.18. The molecule has 0 rings (SSSR count). The van der Waals surface area contributed by atoms with E-state index in [1.807, 2.05) is 27.7 Å². The van der Waals surface area contributed by atoms with E-state index in [0.717, 1.165) is 6.42 Å². The van der Waals surface area contributed by atoms with Gasteiger partial charge in [0.15, 0.2) is 5.96 Å². The third-order valence-corrected chi connectivity index (χ3v) is 2.88. The first kappa shape index (κ1) is 24.5. The number of rotatable bonds is 8. The molecule has 8 heteroatoms. The van der Waals surface area contributed by atoms with Crippen LogP contribution in [0.25, 0.3) is 0 Å². The van der Waals surface area contributed by atoms with Crippen LogP contribution in [0.5, 0.6) is 0 Å². The molecule has 0 aromatic heterocycles. The first-order chi connectivity index (χ1) is 10.2. The Balaban J connectivity index is 0. The summed E-state index contributed by atoms with van der Waals surface area (Å²) >= 11 is 0. The highest BCUT2D eigenvalue weighted by Gasteiger charge is 2.21. The van der Waals surface area contributed by atoms with Crippen LogP contribution in [-0.4, -0.2) is 61.9 Å². The van der Waals surface area contributed by atoms with Gasteiger partial charge in [0.05, 0.1) is 13.2 Å². The minimum atomic E-state index is -0.525. The van der Waals surface area contributed by atoms with Crippen molar-refractivity contribution in [1.82, 2.24) is 10.2 Å². The molecular formula is C15H33IN4O3. The van der Waals surface area contributed by atoms with Crippen LogP contribution in [0.1, 0.15) is 41.0 Å². The number of hydrogen-bond donors (Lipinski definition) is 2. The van der Waals surface area contributed by atoms with Crippen molar-refractivity contribution in [3.05, 3.63) is 0 Å². The van der Waals surface area contributed by atoms with E-state index >= 15 is 0 Å². The third kappa shape index (κ3) is 13.4. The summed E-state index contributed by atoms with van der Waals surface area (Å²) in [7, 11) is 1.60. The maximum atomic E-state index is 12.1. The van der Waals surface area contributed by atoms with Gasteiger partial charge in [-0.05, 0) is 34.1 Å². The molecule has 0 aliphatic heterocycles. The molecule has 0 heterocycles. The van der Waals surface area contributed by atoms with Crippen molar-refractivity contribution in [3.8, 4) is 0 Å². The zero-order valence-electron chi connectivity index (χ0n) is 15.2. The Labute approximate surface area is 157 Å². The van der Waals surface area contributed by atoms with Gasteiger partial charge in [0, 0.05) is 26.2 Å². The lowest BCUT2D eigenvalue weighted by atomic mass is 10.2. The molecule has 0 saturated carbocycles. The number of nitrogens with two attached hydrogens (primary N) is 1. The first-order valence-corrected chi connectivity index (χ1v) is 7.73. The maximum Gasteiger partial charge on any atom is 0.410 e. The van der Waals surface area contributed by atoms with Gasteiger partial charge >= 0.3 is 6.09 Å². The van der Waals surface area contributed by atoms with Gasteiger partial charge in [0.2, 0.25) is 0 Å². The van der Waals surface area contributed by atoms with Crippen LogP contribution >= 0.6 is 24.0 Å². The van der Waals surface area contributed by atoms with E-state index in [-0.39, 0.29) is 36.1 Å². The fourth-order valence-electron chi connectivity index (χ4n) is 1.51. The molecule has 7 nitrogen and oxygen atoms in total. The lowest BCUT2D eigenvalue weighted by Gasteiger charge is -2.27. The Morgan fingerprint density at radius 2 is 1.96 bits per heavy atom. The molecule has 0 spiro atoms. The predicted octanol–water partition coefficient (Wildman–Crippen LogP) is 2.19. The van der Waals surface area contributed by atoms with Crippen LogP contribution in [-0.2, 0) is 9.47 Å². The number of carbonyl (C=O) groups excluding carboxylic acids is 1. The largest absolute Gasteiger partial charge is 0.444 e. The highest BCUT2D eigenvalue weighted by atomic mass is 127. The number of methoxy groups -OCH3 is 1. The Hall–Kier alpha value is -0.770. The fourth-order valence-corrected chi connectivity index (χ4v) is 1.51. The summed E-state index contributed by atoms with van der Waals surface area (Å²) in [4.78, 5) is 17.9. The predicted molar refractivity (Wildman–Crippen MR) is 104 cm³/mol. The summed E-state index contributed by atoms with van der Waals surface area (Å²) in [5.41, 5.74) is 5.27. The maximum absolute atomic E-state index is 12.1. The summed E-state index contributed by atoms with van der Waals surface area (Å²) in [6.07, 6.45) is 0.599. The molecule has 3 N–H and O–H groups in total. The third-order valence-electron chi connectivity index (χ3n) is 2.88. The Morgan fingerprint density at radius 1 is 1.35 bits per heavy atom. The van der Waals surface area contributed by atoms with Gasteiger partial charge in [-0.1, -0.05) is 6.92 Å². The van der Waals surface area contributed by atoms with Crippen LogP contribution in [0, 0.1) is 0 Å². The van der Waals surface area contributed by atoms with Crippen molar-refractivity contribution < 1.29 is 14.3 Å². The number of amides is 1. The molecule has 0 radical (unpaired) electrons. The number of nitrogens with zero attached hydrogens (tertiary/aromatic N) is 2. The van der Waals surface area contributed by atoms with Crippen LogP contribution in [0.15, 0.2) is 4.99 Å². The number of hydrogen-bond acceptors (Lipinski definition) is 4. The Kier molecular flexibility index (Phi) is 13.4. The van der Waals surface area contributed by atoms with E-state index in [2.05, 4.69) is 17.2 Å². The number of carbonyl (C=O) groups is 1. The van der Waals surface area contributed by atoms with Gasteiger partial charge in [-0.2, -0.15) is 0 Å². The number of halogens is 1. The molecule has 1 atom stereocenters. The molecule has 0 bridgehead atoms. The summed E-state index contributed by atoms with van der Waals surface area (Å²) in [6.45, 7) is 11.4. The summed E-state index contributed by atoms with van der Waals surface area (Å²) < 4.78 is 10.4. The lowest BCUT2D eigenvalue weighted by Crippen LogP contribution is -2.41. The highest BCUT2D eigenvalue weighted by Crippen LogP contribution is 2.09. The van der Waals surface area contributed by atoms with E-state index in [4.69, 9.17) is 15.2 Å². The Bertz CT molecular complexity index is 359. The molecule has 0 aromatic rings. The second-order valence-corrected chi connectivity index (χ2v) is 6.18. The zero-order valence-corrected chi connectivity index (χ0v) is 17.5. The van der Waals surface area contributed by atoms with Crippen molar-refractivity contribution >= 4 is 36.0 Å². The van der Waals surface area contributed by atoms with Gasteiger partial charge < -0.3 is 25.4 Å². The normalized spacial score (nSPS) is 13.0. The molecule has 0 aliphatic carbocycles. The monoisotopic (exact) mass is 444 g/mol. The average molecular weight is 444 g/mol. The van der Waals surface area contributed by atoms with Crippen molar-refractivity contribution in [3.63, 3.8) is 0 Å². The van der Waals surface area contributed by atoms with Crippen molar-refractivity contribution in [2.75, 3.05) is 33.4 Å². The SMILES string of the molecule is CCC(C)NC(N)=NCCN(CCOC)C(=O)OC(C)(C)C.I. The summed E-state index contributed by atoms with van der Waals surface area (Å²) in [5, 5.41) is 3.08. The topological polar surface area (TPSA) is 89.2 Å². The van der Waals surface area contributed by atoms with Crippen LogP contribution in [0.3, 0.4) is 0 Å². The molecule has 138 valence electrons. The number of aliphatic imine (C=N–C) groups is 1. The number of ether oxygens (including phenoxy) is 2. The average Bonchev–Trinajstić information content (AvgIpc) is 2.40. The minimum absolute atomic E-state index is 0. The van der Waals surface area contributed by atoms with Gasteiger partial charge in [-0.25, -0.2) is 4.79 Å². The number of nitrogens with one attached hydrogen (secondary N) is 1. The molecular weight excluding hydrogens is 411 g/mol. The van der Waals surface area contributed by atoms with Crippen molar-refractivity contribution in [1.29, 1.82) is 0 Å². The Morgan fingerprint density at radius 3 is 2.43 bits per heavy atom. The molecule has 0 aromatic carbocycles. The molecule has 1 unspecified atom stereocenters. The van der Waals surface area contributed by atoms with Crippen LogP contribution < -0.4 is 11.1 Å². The van der Waals surface area contributed by atoms with E-state index in [0.29, 0.717) is 32.2 Å². The van der Waals surface area contributed by atoms with Gasteiger partial charge in [-0.3, -0.25) is 4.99 Å². The van der Waals surface area contributed by atoms with E-state index < -0.39 is 5.60 Å². The van der Waals surface area contributed by atoms with Gasteiger partial charge in [0.25, 0.3) is 0 Å². The van der Waals surface area contributed by atoms with Crippen LogP contribution in [0.2, 0.25) is 0 Å². The highest BCUT2D eigenvalue weighted by molar-refractivity contribution is 14.0. The van der Waals surface area contributed by atoms with Crippen molar-refractivity contribution in [2.24, 2.45) is 10.7 Å². The van der Waals surface area contributed by atoms with Crippen LogP contribution in [0.4, 0.5) is 4.79 Å². The van der Waals surface area contributed by atoms with Gasteiger partial charge in [0.1, 0.15) is 5.60 Å². The minimum Gasteiger partial charge on any atom is -0.444 e. The van der Waals surface area contributed by atoms with Crippen molar-refractivity contribution in [2.45, 2.75) is 52.7 Å². The molecule has 23 heavy (non-hydrogen) atoms. The standard InChI is InChI=1S/C15H32N4O3.HI/c1-7-12(2)18-13(16)17-8-9-19(10-11-21-6)14(20)22-15(3,4)5;/h12H,7-11H2,1-6H3,(H3,16,17,18);1H. The van der Waals surface area contributed by atoms with E-state index in [1.54, 1.807) is 12.0 Å². The smallest absolute Gasteiger partial charge is 0.410 e. The second kappa shape index (κ2) is 12.6. The number of guanidine groups is 1. The van der Waals surface area contributed by atoms with E-state index in [1.165, 1.54) is 0 Å². The lowest BCUT2D eigenvalue weighted by molar-refractivity contribution is 0.0208. The molecule has 0 fully saturated rings. The van der Waals surface area contributed by atoms with E-state index in [9.17, 15) is 4.79 Å². The molecule has 0 saturated heterocycles. The first-order valence-electron chi connectivity index (χ1n) is 7.73. The quantitative estimate of drug-likeness (QED) is 0.341. The summed E-state index contributed by atoms with van der Waals surface area (Å²) in [6, 6.07) is 0.277. The molecule has 0 aliphatic rings.